The standard InChI is InChI=1S/C23H33BrO5/c1-21-13(8-14(25)9-18(21)24)3-4-16-17(21)10-19(26)22(2)15(5-6-23(16,22)28)12-7-20(27)29-11-12/h7,13-19,25-26,28H,3-6,8-11H2,1-2H3/t13-,14+,15-,16-,17+,18?,19-,21+,22+,23+/m1/s1. The second-order valence-corrected chi connectivity index (χ2v) is 11.9. The maximum atomic E-state index is 12.2. The van der Waals surface area contributed by atoms with Crippen molar-refractivity contribution in [3.8, 4) is 0 Å². The van der Waals surface area contributed by atoms with Crippen molar-refractivity contribution in [3.63, 3.8) is 0 Å². The number of halogens is 1. The zero-order chi connectivity index (χ0) is 20.8. The average molecular weight is 469 g/mol. The Labute approximate surface area is 181 Å². The van der Waals surface area contributed by atoms with Crippen LogP contribution in [0, 0.1) is 34.5 Å². The van der Waals surface area contributed by atoms with Gasteiger partial charge in [-0.15, -0.1) is 0 Å². The molecule has 6 heteroatoms. The third-order valence-corrected chi connectivity index (χ3v) is 11.4. The number of hydrogen-bond donors (Lipinski definition) is 3. The molecule has 4 aliphatic carbocycles. The Bertz CT molecular complexity index is 754. The van der Waals surface area contributed by atoms with Crippen molar-refractivity contribution in [2.75, 3.05) is 6.61 Å². The highest BCUT2D eigenvalue weighted by molar-refractivity contribution is 9.09. The summed E-state index contributed by atoms with van der Waals surface area (Å²) in [4.78, 5) is 11.9. The summed E-state index contributed by atoms with van der Waals surface area (Å²) in [6, 6.07) is 0. The summed E-state index contributed by atoms with van der Waals surface area (Å²) in [7, 11) is 0. The summed E-state index contributed by atoms with van der Waals surface area (Å²) >= 11 is 3.90. The highest BCUT2D eigenvalue weighted by Crippen LogP contribution is 2.70. The van der Waals surface area contributed by atoms with E-state index in [0.717, 1.165) is 37.7 Å². The molecule has 0 aromatic rings. The van der Waals surface area contributed by atoms with Gasteiger partial charge in [-0.1, -0.05) is 29.8 Å². The number of carbonyl (C=O) groups excluding carboxylic acids is 1. The quantitative estimate of drug-likeness (QED) is 0.406. The van der Waals surface area contributed by atoms with Crippen LogP contribution in [0.1, 0.15) is 58.8 Å². The number of aliphatic hydroxyl groups is 3. The number of carbonyl (C=O) groups is 1. The van der Waals surface area contributed by atoms with Gasteiger partial charge in [-0.25, -0.2) is 4.79 Å². The normalized spacial score (nSPS) is 56.8. The van der Waals surface area contributed by atoms with Crippen LogP contribution in [0.2, 0.25) is 0 Å². The monoisotopic (exact) mass is 468 g/mol. The molecule has 5 rings (SSSR count). The lowest BCUT2D eigenvalue weighted by atomic mass is 9.42. The van der Waals surface area contributed by atoms with E-state index in [1.807, 2.05) is 6.92 Å². The number of ether oxygens (including phenoxy) is 1. The SMILES string of the molecule is C[C@]12C(Br)C[C@@H](O)C[C@H]1CC[C@@H]1[C@@H]2C[C@@H](O)[C@]2(C)[C@@H](C3=CC(=O)OC3)CC[C@]12O. The second-order valence-electron chi connectivity index (χ2n) is 10.8. The van der Waals surface area contributed by atoms with Crippen LogP contribution in [0.5, 0.6) is 0 Å². The lowest BCUT2D eigenvalue weighted by Crippen LogP contribution is -2.68. The van der Waals surface area contributed by atoms with Gasteiger partial charge in [-0.05, 0) is 79.6 Å². The molecule has 5 nitrogen and oxygen atoms in total. The molecule has 1 aliphatic heterocycles. The minimum absolute atomic E-state index is 0.0200. The van der Waals surface area contributed by atoms with Crippen LogP contribution < -0.4 is 0 Å². The highest BCUT2D eigenvalue weighted by atomic mass is 79.9. The van der Waals surface area contributed by atoms with Crippen molar-refractivity contribution in [1.82, 2.24) is 0 Å². The summed E-state index contributed by atoms with van der Waals surface area (Å²) in [6.45, 7) is 4.65. The van der Waals surface area contributed by atoms with Crippen LogP contribution in [0.3, 0.4) is 0 Å². The maximum absolute atomic E-state index is 12.2. The first kappa shape index (κ1) is 20.5. The molecule has 0 spiro atoms. The fourth-order valence-electron chi connectivity index (χ4n) is 8.38. The molecule has 162 valence electrons. The number of fused-ring (bicyclic) bond motifs is 5. The van der Waals surface area contributed by atoms with Gasteiger partial charge in [0, 0.05) is 16.3 Å². The topological polar surface area (TPSA) is 87.0 Å². The van der Waals surface area contributed by atoms with Crippen LogP contribution in [0.4, 0.5) is 0 Å². The molecule has 0 aromatic heterocycles. The van der Waals surface area contributed by atoms with E-state index >= 15 is 0 Å². The van der Waals surface area contributed by atoms with Crippen LogP contribution in [0.25, 0.3) is 0 Å². The van der Waals surface area contributed by atoms with Crippen molar-refractivity contribution in [1.29, 1.82) is 0 Å². The molecule has 1 unspecified atom stereocenters. The van der Waals surface area contributed by atoms with E-state index in [-0.39, 0.29) is 46.7 Å². The van der Waals surface area contributed by atoms with E-state index in [2.05, 4.69) is 22.9 Å². The molecule has 4 saturated carbocycles. The first-order valence-corrected chi connectivity index (χ1v) is 12.1. The molecule has 10 atom stereocenters. The van der Waals surface area contributed by atoms with E-state index in [9.17, 15) is 20.1 Å². The molecule has 0 bridgehead atoms. The Kier molecular flexibility index (Phi) is 4.61. The van der Waals surface area contributed by atoms with Gasteiger partial charge in [0.25, 0.3) is 0 Å². The van der Waals surface area contributed by atoms with Crippen molar-refractivity contribution in [3.05, 3.63) is 11.6 Å². The van der Waals surface area contributed by atoms with Crippen LogP contribution in [0.15, 0.2) is 11.6 Å². The average Bonchev–Trinajstić information content (AvgIpc) is 3.19. The van der Waals surface area contributed by atoms with Crippen molar-refractivity contribution >= 4 is 21.9 Å². The smallest absolute Gasteiger partial charge is 0.331 e. The number of aliphatic hydroxyl groups excluding tert-OH is 2. The fourth-order valence-corrected chi connectivity index (χ4v) is 9.53. The van der Waals surface area contributed by atoms with Crippen LogP contribution >= 0.6 is 15.9 Å². The molecule has 5 aliphatic rings. The number of esters is 1. The molecular weight excluding hydrogens is 436 g/mol. The van der Waals surface area contributed by atoms with Gasteiger partial charge in [0.2, 0.25) is 0 Å². The number of alkyl halides is 1. The van der Waals surface area contributed by atoms with Crippen molar-refractivity contribution < 1.29 is 24.9 Å². The maximum Gasteiger partial charge on any atom is 0.331 e. The van der Waals surface area contributed by atoms with Crippen LogP contribution in [-0.4, -0.2) is 50.5 Å². The van der Waals surface area contributed by atoms with Crippen molar-refractivity contribution in [2.24, 2.45) is 34.5 Å². The molecule has 0 saturated heterocycles. The lowest BCUT2D eigenvalue weighted by molar-refractivity contribution is -0.243. The van der Waals surface area contributed by atoms with E-state index in [0.29, 0.717) is 18.8 Å². The minimum atomic E-state index is -0.941. The molecular formula is C23H33BrO5. The van der Waals surface area contributed by atoms with E-state index in [4.69, 9.17) is 4.74 Å². The summed E-state index contributed by atoms with van der Waals surface area (Å²) in [5, 5.41) is 34.0. The molecule has 0 radical (unpaired) electrons. The van der Waals surface area contributed by atoms with Gasteiger partial charge in [-0.3, -0.25) is 0 Å². The lowest BCUT2D eigenvalue weighted by Gasteiger charge is -2.65. The fraction of sp³-hybridized carbons (Fsp3) is 0.870. The second kappa shape index (κ2) is 6.54. The first-order chi connectivity index (χ1) is 13.6. The summed E-state index contributed by atoms with van der Waals surface area (Å²) in [5.74, 6) is 0.445. The Morgan fingerprint density at radius 1 is 1.10 bits per heavy atom. The van der Waals surface area contributed by atoms with E-state index < -0.39 is 17.1 Å². The largest absolute Gasteiger partial charge is 0.458 e. The Morgan fingerprint density at radius 2 is 1.86 bits per heavy atom. The van der Waals surface area contributed by atoms with E-state index in [1.165, 1.54) is 0 Å². The predicted molar refractivity (Wildman–Crippen MR) is 111 cm³/mol. The minimum Gasteiger partial charge on any atom is -0.458 e. The molecule has 0 amide bonds. The zero-order valence-electron chi connectivity index (χ0n) is 17.3. The number of cyclic esters (lactones) is 1. The molecule has 3 N–H and O–H groups in total. The Hall–Kier alpha value is -0.430. The van der Waals surface area contributed by atoms with Gasteiger partial charge in [0.05, 0.1) is 17.8 Å². The molecule has 29 heavy (non-hydrogen) atoms. The summed E-state index contributed by atoms with van der Waals surface area (Å²) in [5.41, 5.74) is -0.703. The first-order valence-electron chi connectivity index (χ1n) is 11.2. The van der Waals surface area contributed by atoms with Gasteiger partial charge in [-0.2, -0.15) is 0 Å². The van der Waals surface area contributed by atoms with Gasteiger partial charge >= 0.3 is 5.97 Å². The number of hydrogen-bond acceptors (Lipinski definition) is 5. The highest BCUT2D eigenvalue weighted by Gasteiger charge is 2.71. The van der Waals surface area contributed by atoms with Crippen molar-refractivity contribution in [2.45, 2.75) is 81.4 Å². The molecule has 1 heterocycles. The summed E-state index contributed by atoms with van der Waals surface area (Å²) < 4.78 is 5.16. The van der Waals surface area contributed by atoms with Gasteiger partial charge in [0.15, 0.2) is 0 Å². The third-order valence-electron chi connectivity index (χ3n) is 10.1. The zero-order valence-corrected chi connectivity index (χ0v) is 18.9. The molecule has 4 fully saturated rings. The van der Waals surface area contributed by atoms with Gasteiger partial charge in [0.1, 0.15) is 6.61 Å². The number of rotatable bonds is 1. The Balaban J connectivity index is 1.53. The Morgan fingerprint density at radius 3 is 2.55 bits per heavy atom. The van der Waals surface area contributed by atoms with Crippen LogP contribution in [-0.2, 0) is 9.53 Å². The predicted octanol–water partition coefficient (Wildman–Crippen LogP) is 2.95. The summed E-state index contributed by atoms with van der Waals surface area (Å²) in [6.07, 6.45) is 6.32. The molecule has 0 aromatic carbocycles. The third kappa shape index (κ3) is 2.52. The van der Waals surface area contributed by atoms with Gasteiger partial charge < -0.3 is 20.1 Å². The van der Waals surface area contributed by atoms with E-state index in [1.54, 1.807) is 6.08 Å².